The van der Waals surface area contributed by atoms with Gasteiger partial charge in [0, 0.05) is 19.3 Å². The molecule has 0 spiro atoms. The average molecular weight is 573 g/mol. The molecule has 0 fully saturated rings. The zero-order chi connectivity index (χ0) is 30.5. The number of phenolic OH excluding ortho intramolecular Hbond substituents is 1. The highest BCUT2D eigenvalue weighted by Gasteiger charge is 2.31. The van der Waals surface area contributed by atoms with E-state index in [0.717, 1.165) is 0 Å². The maximum atomic E-state index is 13.4. The number of carboxylic acids is 3. The minimum atomic E-state index is -1.55. The Labute approximate surface area is 234 Å². The molecule has 0 radical (unpaired) electrons. The monoisotopic (exact) mass is 572 g/mol. The molecule has 0 aliphatic rings. The molecule has 9 N–H and O–H groups in total. The van der Waals surface area contributed by atoms with Crippen molar-refractivity contribution < 1.29 is 49.2 Å². The SMILES string of the molecule is NC(CC(=O)O)C(=O)NC(Cc1ccc(O)cc1)C(=O)NC(Cc1ccccc1)C(=O)NC(CCC(=O)O)C(=O)O. The van der Waals surface area contributed by atoms with Crippen LogP contribution in [0.15, 0.2) is 54.6 Å². The first-order valence-electron chi connectivity index (χ1n) is 12.5. The van der Waals surface area contributed by atoms with Crippen LogP contribution in [-0.4, -0.2) is 80.2 Å². The normalized spacial score (nSPS) is 13.6. The molecule has 2 aromatic rings. The van der Waals surface area contributed by atoms with E-state index < -0.39 is 79.1 Å². The summed E-state index contributed by atoms with van der Waals surface area (Å²) in [6.45, 7) is 0. The van der Waals surface area contributed by atoms with E-state index in [-0.39, 0.29) is 18.6 Å². The Bertz CT molecular complexity index is 1240. The fraction of sp³-hybridized carbons (Fsp3) is 0.333. The first kappa shape index (κ1) is 32.2. The first-order valence-corrected chi connectivity index (χ1v) is 12.5. The molecule has 2 rings (SSSR count). The Kier molecular flexibility index (Phi) is 12.2. The van der Waals surface area contributed by atoms with Crippen molar-refractivity contribution in [2.75, 3.05) is 0 Å². The molecule has 14 heteroatoms. The Balaban J connectivity index is 2.32. The summed E-state index contributed by atoms with van der Waals surface area (Å²) in [5.74, 6) is -6.79. The van der Waals surface area contributed by atoms with Crippen LogP contribution in [0.5, 0.6) is 5.75 Å². The van der Waals surface area contributed by atoms with Crippen molar-refractivity contribution in [1.29, 1.82) is 0 Å². The van der Waals surface area contributed by atoms with E-state index in [1.807, 2.05) is 0 Å². The summed E-state index contributed by atoms with van der Waals surface area (Å²) in [7, 11) is 0. The van der Waals surface area contributed by atoms with Gasteiger partial charge in [-0.15, -0.1) is 0 Å². The molecule has 41 heavy (non-hydrogen) atoms. The second kappa shape index (κ2) is 15.6. The smallest absolute Gasteiger partial charge is 0.326 e. The van der Waals surface area contributed by atoms with Gasteiger partial charge in [-0.3, -0.25) is 24.0 Å². The molecule has 220 valence electrons. The van der Waals surface area contributed by atoms with Crippen LogP contribution < -0.4 is 21.7 Å². The Hall–Kier alpha value is -4.98. The number of carbonyl (C=O) groups excluding carboxylic acids is 3. The number of carboxylic acid groups (broad SMARTS) is 3. The highest BCUT2D eigenvalue weighted by molar-refractivity contribution is 5.95. The summed E-state index contributed by atoms with van der Waals surface area (Å²) in [6, 6.07) is 8.45. The van der Waals surface area contributed by atoms with Crippen molar-refractivity contribution in [3.05, 3.63) is 65.7 Å². The average Bonchev–Trinajstić information content (AvgIpc) is 2.91. The number of nitrogens with two attached hydrogens (primary N) is 1. The summed E-state index contributed by atoms with van der Waals surface area (Å²) in [5, 5.41) is 44.0. The largest absolute Gasteiger partial charge is 0.508 e. The number of rotatable bonds is 16. The lowest BCUT2D eigenvalue weighted by Gasteiger charge is -2.25. The molecule has 0 aliphatic carbocycles. The Morgan fingerprint density at radius 2 is 1.15 bits per heavy atom. The van der Waals surface area contributed by atoms with Crippen molar-refractivity contribution in [2.45, 2.75) is 56.3 Å². The van der Waals surface area contributed by atoms with Gasteiger partial charge >= 0.3 is 17.9 Å². The van der Waals surface area contributed by atoms with E-state index >= 15 is 0 Å². The molecule has 0 aliphatic heterocycles. The van der Waals surface area contributed by atoms with E-state index in [4.69, 9.17) is 15.9 Å². The number of aliphatic carboxylic acids is 3. The van der Waals surface area contributed by atoms with Crippen molar-refractivity contribution in [3.63, 3.8) is 0 Å². The molecule has 4 unspecified atom stereocenters. The fourth-order valence-corrected chi connectivity index (χ4v) is 3.77. The van der Waals surface area contributed by atoms with Crippen LogP contribution in [0.25, 0.3) is 0 Å². The van der Waals surface area contributed by atoms with E-state index in [1.165, 1.54) is 24.3 Å². The van der Waals surface area contributed by atoms with Crippen molar-refractivity contribution in [2.24, 2.45) is 5.73 Å². The second-order valence-electron chi connectivity index (χ2n) is 9.22. The zero-order valence-electron chi connectivity index (χ0n) is 21.9. The predicted octanol–water partition coefficient (Wildman–Crippen LogP) is -0.617. The van der Waals surface area contributed by atoms with Gasteiger partial charge < -0.3 is 42.1 Å². The highest BCUT2D eigenvalue weighted by Crippen LogP contribution is 2.13. The lowest BCUT2D eigenvalue weighted by atomic mass is 10.0. The number of aromatic hydroxyl groups is 1. The van der Waals surface area contributed by atoms with Crippen molar-refractivity contribution in [3.8, 4) is 5.75 Å². The third-order valence-corrected chi connectivity index (χ3v) is 5.92. The van der Waals surface area contributed by atoms with Crippen molar-refractivity contribution >= 4 is 35.6 Å². The maximum Gasteiger partial charge on any atom is 0.326 e. The van der Waals surface area contributed by atoms with Crippen LogP contribution in [0.1, 0.15) is 30.4 Å². The third kappa shape index (κ3) is 11.3. The van der Waals surface area contributed by atoms with Gasteiger partial charge in [-0.1, -0.05) is 42.5 Å². The number of nitrogens with one attached hydrogen (secondary N) is 3. The Morgan fingerprint density at radius 3 is 1.63 bits per heavy atom. The minimum Gasteiger partial charge on any atom is -0.508 e. The lowest BCUT2D eigenvalue weighted by molar-refractivity contribution is -0.143. The number of carbonyl (C=O) groups is 6. The van der Waals surface area contributed by atoms with Gasteiger partial charge in [-0.25, -0.2) is 4.79 Å². The molecule has 14 nitrogen and oxygen atoms in total. The topological polar surface area (TPSA) is 245 Å². The van der Waals surface area contributed by atoms with Crippen LogP contribution in [0.3, 0.4) is 0 Å². The summed E-state index contributed by atoms with van der Waals surface area (Å²) in [4.78, 5) is 72.7. The lowest BCUT2D eigenvalue weighted by Crippen LogP contribution is -2.58. The predicted molar refractivity (Wildman–Crippen MR) is 142 cm³/mol. The van der Waals surface area contributed by atoms with E-state index in [0.29, 0.717) is 11.1 Å². The van der Waals surface area contributed by atoms with Gasteiger partial charge in [-0.2, -0.15) is 0 Å². The molecule has 4 atom stereocenters. The van der Waals surface area contributed by atoms with Gasteiger partial charge in [0.2, 0.25) is 17.7 Å². The summed E-state index contributed by atoms with van der Waals surface area (Å²) in [6.07, 6.45) is -1.84. The summed E-state index contributed by atoms with van der Waals surface area (Å²) in [5.41, 5.74) is 6.75. The quantitative estimate of drug-likeness (QED) is 0.126. The van der Waals surface area contributed by atoms with Crippen LogP contribution in [0.2, 0.25) is 0 Å². The van der Waals surface area contributed by atoms with Crippen LogP contribution in [0, 0.1) is 0 Å². The molecule has 0 saturated heterocycles. The van der Waals surface area contributed by atoms with Crippen LogP contribution in [0.4, 0.5) is 0 Å². The van der Waals surface area contributed by atoms with E-state index in [2.05, 4.69) is 16.0 Å². The number of benzene rings is 2. The first-order chi connectivity index (χ1) is 19.3. The molecular formula is C27H32N4O10. The zero-order valence-corrected chi connectivity index (χ0v) is 21.9. The Morgan fingerprint density at radius 1 is 0.659 bits per heavy atom. The van der Waals surface area contributed by atoms with E-state index in [1.54, 1.807) is 30.3 Å². The van der Waals surface area contributed by atoms with Crippen molar-refractivity contribution in [1.82, 2.24) is 16.0 Å². The molecular weight excluding hydrogens is 540 g/mol. The third-order valence-electron chi connectivity index (χ3n) is 5.92. The molecule has 0 aromatic heterocycles. The summed E-state index contributed by atoms with van der Waals surface area (Å²) < 4.78 is 0. The van der Waals surface area contributed by atoms with Gasteiger partial charge in [-0.05, 0) is 29.7 Å². The molecule has 0 saturated carbocycles. The molecule has 2 aromatic carbocycles. The van der Waals surface area contributed by atoms with Gasteiger partial charge in [0.1, 0.15) is 23.9 Å². The molecule has 3 amide bonds. The number of hydrogen-bond acceptors (Lipinski definition) is 8. The minimum absolute atomic E-state index is 0.0438. The van der Waals surface area contributed by atoms with Gasteiger partial charge in [0.15, 0.2) is 0 Å². The maximum absolute atomic E-state index is 13.4. The van der Waals surface area contributed by atoms with Gasteiger partial charge in [0.05, 0.1) is 12.5 Å². The number of phenols is 1. The van der Waals surface area contributed by atoms with Crippen LogP contribution >= 0.6 is 0 Å². The summed E-state index contributed by atoms with van der Waals surface area (Å²) >= 11 is 0. The highest BCUT2D eigenvalue weighted by atomic mass is 16.4. The fourth-order valence-electron chi connectivity index (χ4n) is 3.77. The number of hydrogen-bond donors (Lipinski definition) is 8. The van der Waals surface area contributed by atoms with Crippen LogP contribution in [-0.2, 0) is 41.6 Å². The van der Waals surface area contributed by atoms with E-state index in [9.17, 15) is 39.0 Å². The molecule has 0 heterocycles. The molecule has 0 bridgehead atoms. The standard InChI is InChI=1S/C27H32N4O10/c28-18(14-23(35)36)24(37)30-20(13-16-6-8-17(32)9-7-16)26(39)31-21(12-15-4-2-1-3-5-15)25(38)29-19(27(40)41)10-11-22(33)34/h1-9,18-21,32H,10-14,28H2,(H,29,38)(H,30,37)(H,31,39)(H,33,34)(H,35,36)(H,40,41). The number of amides is 3. The second-order valence-corrected chi connectivity index (χ2v) is 9.22. The van der Waals surface area contributed by atoms with Gasteiger partial charge in [0.25, 0.3) is 0 Å².